The van der Waals surface area contributed by atoms with Crippen molar-refractivity contribution in [2.45, 2.75) is 33.6 Å². The fraction of sp³-hybridized carbons (Fsp3) is 0.778. The minimum atomic E-state index is 0.856. The van der Waals surface area contributed by atoms with Gasteiger partial charge in [0.05, 0.1) is 0 Å². The Morgan fingerprint density at radius 3 is 2.33 bits per heavy atom. The van der Waals surface area contributed by atoms with Crippen LogP contribution in [0.15, 0.2) is 11.6 Å². The van der Waals surface area contributed by atoms with E-state index in [1.165, 1.54) is 12.8 Å². The van der Waals surface area contributed by atoms with E-state index in [2.05, 4.69) is 26.8 Å². The zero-order chi connectivity index (χ0) is 6.85. The minimum absolute atomic E-state index is 0.856. The number of hydrogen-bond donors (Lipinski definition) is 0. The molecular formula is C9H16. The SMILES string of the molecule is CC=C1CC[C@H](C)[C@H]1C. The first-order valence-corrected chi connectivity index (χ1v) is 3.90. The lowest BCUT2D eigenvalue weighted by Gasteiger charge is -2.08. The molecule has 1 aliphatic rings. The Hall–Kier alpha value is -0.260. The van der Waals surface area contributed by atoms with Gasteiger partial charge in [-0.1, -0.05) is 25.5 Å². The van der Waals surface area contributed by atoms with Crippen LogP contribution in [-0.4, -0.2) is 0 Å². The quantitative estimate of drug-likeness (QED) is 0.435. The monoisotopic (exact) mass is 124 g/mol. The third-order valence-electron chi connectivity index (χ3n) is 2.70. The van der Waals surface area contributed by atoms with Gasteiger partial charge in [0.2, 0.25) is 0 Å². The molecule has 52 valence electrons. The fourth-order valence-corrected chi connectivity index (χ4v) is 1.64. The summed E-state index contributed by atoms with van der Waals surface area (Å²) in [5, 5.41) is 0. The molecule has 0 aromatic rings. The zero-order valence-electron chi connectivity index (χ0n) is 6.65. The van der Waals surface area contributed by atoms with E-state index >= 15 is 0 Å². The molecule has 0 unspecified atom stereocenters. The van der Waals surface area contributed by atoms with E-state index in [0.29, 0.717) is 0 Å². The van der Waals surface area contributed by atoms with Gasteiger partial charge in [-0.25, -0.2) is 0 Å². The summed E-state index contributed by atoms with van der Waals surface area (Å²) in [4.78, 5) is 0. The molecule has 0 N–H and O–H groups in total. The van der Waals surface area contributed by atoms with Gasteiger partial charge in [0, 0.05) is 0 Å². The Kier molecular flexibility index (Phi) is 1.94. The Morgan fingerprint density at radius 2 is 2.11 bits per heavy atom. The molecule has 9 heavy (non-hydrogen) atoms. The highest BCUT2D eigenvalue weighted by atomic mass is 14.3. The Bertz CT molecular complexity index is 122. The van der Waals surface area contributed by atoms with E-state index in [1.807, 2.05) is 0 Å². The predicted molar refractivity (Wildman–Crippen MR) is 41.3 cm³/mol. The third kappa shape index (κ3) is 1.17. The molecule has 0 radical (unpaired) electrons. The topological polar surface area (TPSA) is 0 Å². The van der Waals surface area contributed by atoms with Crippen LogP contribution in [0, 0.1) is 11.8 Å². The summed E-state index contributed by atoms with van der Waals surface area (Å²) in [6.07, 6.45) is 5.04. The maximum absolute atomic E-state index is 2.35. The maximum atomic E-state index is 2.35. The van der Waals surface area contributed by atoms with Crippen molar-refractivity contribution in [3.63, 3.8) is 0 Å². The molecule has 1 saturated carbocycles. The van der Waals surface area contributed by atoms with Crippen LogP contribution in [0.3, 0.4) is 0 Å². The van der Waals surface area contributed by atoms with Crippen LogP contribution in [0.2, 0.25) is 0 Å². The average Bonchev–Trinajstić information content (AvgIpc) is 2.15. The van der Waals surface area contributed by atoms with Crippen LogP contribution in [0.4, 0.5) is 0 Å². The molecule has 0 spiro atoms. The molecule has 0 bridgehead atoms. The van der Waals surface area contributed by atoms with Crippen LogP contribution >= 0.6 is 0 Å². The lowest BCUT2D eigenvalue weighted by Crippen LogP contribution is -1.98. The lowest BCUT2D eigenvalue weighted by molar-refractivity contribution is 0.493. The first-order chi connectivity index (χ1) is 4.25. The second kappa shape index (κ2) is 2.55. The van der Waals surface area contributed by atoms with E-state index in [-0.39, 0.29) is 0 Å². The summed E-state index contributed by atoms with van der Waals surface area (Å²) in [7, 11) is 0. The highest BCUT2D eigenvalue weighted by Crippen LogP contribution is 2.35. The van der Waals surface area contributed by atoms with Crippen LogP contribution < -0.4 is 0 Å². The van der Waals surface area contributed by atoms with Gasteiger partial charge in [-0.15, -0.1) is 0 Å². The second-order valence-corrected chi connectivity index (χ2v) is 3.17. The van der Waals surface area contributed by atoms with Gasteiger partial charge in [0.1, 0.15) is 0 Å². The van der Waals surface area contributed by atoms with Gasteiger partial charge in [0.15, 0.2) is 0 Å². The van der Waals surface area contributed by atoms with Crippen molar-refractivity contribution in [3.05, 3.63) is 11.6 Å². The molecule has 0 heteroatoms. The molecule has 0 nitrogen and oxygen atoms in total. The van der Waals surface area contributed by atoms with E-state index in [9.17, 15) is 0 Å². The minimum Gasteiger partial charge on any atom is -0.0882 e. The zero-order valence-corrected chi connectivity index (χ0v) is 6.65. The molecular weight excluding hydrogens is 108 g/mol. The smallest absolute Gasteiger partial charge is 0.0206 e. The van der Waals surface area contributed by atoms with Crippen LogP contribution in [0.25, 0.3) is 0 Å². The van der Waals surface area contributed by atoms with Gasteiger partial charge in [-0.3, -0.25) is 0 Å². The molecule has 0 aliphatic heterocycles. The van der Waals surface area contributed by atoms with Crippen molar-refractivity contribution in [2.24, 2.45) is 11.8 Å². The summed E-state index contributed by atoms with van der Waals surface area (Å²) < 4.78 is 0. The van der Waals surface area contributed by atoms with E-state index in [0.717, 1.165) is 11.8 Å². The van der Waals surface area contributed by atoms with Gasteiger partial charge in [0.25, 0.3) is 0 Å². The van der Waals surface area contributed by atoms with E-state index in [1.54, 1.807) is 5.57 Å². The Morgan fingerprint density at radius 1 is 1.44 bits per heavy atom. The summed E-state index contributed by atoms with van der Waals surface area (Å²) >= 11 is 0. The van der Waals surface area contributed by atoms with E-state index < -0.39 is 0 Å². The molecule has 0 aromatic carbocycles. The van der Waals surface area contributed by atoms with Crippen molar-refractivity contribution in [1.82, 2.24) is 0 Å². The standard InChI is InChI=1S/C9H16/c1-4-9-6-5-7(2)8(9)3/h4,7-8H,5-6H2,1-3H3/t7-,8+/m0/s1. The van der Waals surface area contributed by atoms with Crippen molar-refractivity contribution in [2.75, 3.05) is 0 Å². The molecule has 0 amide bonds. The third-order valence-corrected chi connectivity index (χ3v) is 2.70. The summed E-state index contributed by atoms with van der Waals surface area (Å²) in [6.45, 7) is 6.85. The summed E-state index contributed by atoms with van der Waals surface area (Å²) in [5.74, 6) is 1.78. The van der Waals surface area contributed by atoms with Crippen LogP contribution in [0.1, 0.15) is 33.6 Å². The molecule has 1 aliphatic carbocycles. The van der Waals surface area contributed by atoms with Gasteiger partial charge in [-0.05, 0) is 31.6 Å². The van der Waals surface area contributed by atoms with Crippen molar-refractivity contribution in [1.29, 1.82) is 0 Å². The normalized spacial score (nSPS) is 40.1. The van der Waals surface area contributed by atoms with Crippen molar-refractivity contribution in [3.8, 4) is 0 Å². The Balaban J connectivity index is 2.62. The molecule has 1 rings (SSSR count). The first kappa shape index (κ1) is 6.85. The predicted octanol–water partition coefficient (Wildman–Crippen LogP) is 3.00. The number of rotatable bonds is 0. The van der Waals surface area contributed by atoms with Gasteiger partial charge < -0.3 is 0 Å². The first-order valence-electron chi connectivity index (χ1n) is 3.90. The summed E-state index contributed by atoms with van der Waals surface area (Å²) in [6, 6.07) is 0. The van der Waals surface area contributed by atoms with Crippen LogP contribution in [-0.2, 0) is 0 Å². The Labute approximate surface area is 58.0 Å². The average molecular weight is 124 g/mol. The summed E-state index contributed by atoms with van der Waals surface area (Å²) in [5.41, 5.74) is 1.67. The molecule has 0 aromatic heterocycles. The second-order valence-electron chi connectivity index (χ2n) is 3.17. The molecule has 0 heterocycles. The van der Waals surface area contributed by atoms with Gasteiger partial charge in [-0.2, -0.15) is 0 Å². The highest BCUT2D eigenvalue weighted by Gasteiger charge is 2.22. The molecule has 2 atom stereocenters. The van der Waals surface area contributed by atoms with Crippen LogP contribution in [0.5, 0.6) is 0 Å². The van der Waals surface area contributed by atoms with Crippen molar-refractivity contribution < 1.29 is 0 Å². The number of hydrogen-bond acceptors (Lipinski definition) is 0. The molecule has 0 saturated heterocycles. The molecule has 1 fully saturated rings. The van der Waals surface area contributed by atoms with E-state index in [4.69, 9.17) is 0 Å². The lowest BCUT2D eigenvalue weighted by atomic mass is 9.97. The highest BCUT2D eigenvalue weighted by molar-refractivity contribution is 5.10. The van der Waals surface area contributed by atoms with Gasteiger partial charge >= 0.3 is 0 Å². The largest absolute Gasteiger partial charge is 0.0882 e. The maximum Gasteiger partial charge on any atom is -0.0206 e. The fourth-order valence-electron chi connectivity index (χ4n) is 1.64. The number of allylic oxidation sites excluding steroid dienone is 2. The van der Waals surface area contributed by atoms with Crippen molar-refractivity contribution >= 4 is 0 Å².